The number of hydrogen-bond donors (Lipinski definition) is 0. The minimum atomic E-state index is -0.0672. The monoisotopic (exact) mass is 173 g/mol. The van der Waals surface area contributed by atoms with Crippen LogP contribution in [0, 0.1) is 0 Å². The lowest BCUT2D eigenvalue weighted by atomic mass is 10.1. The summed E-state index contributed by atoms with van der Waals surface area (Å²) in [5.74, 6) is 3.02. The van der Waals surface area contributed by atoms with E-state index in [2.05, 4.69) is 17.4 Å². The molecule has 1 nitrogen and oxygen atoms in total. The standard InChI is InChI=1S/C12H15N/c1-10-7-5-6-8-11(10)9-13-12(2,3)4/h5-8H,1H2,2-4H3. The van der Waals surface area contributed by atoms with E-state index in [1.54, 1.807) is 0 Å². The molecule has 0 atom stereocenters. The molecule has 0 saturated carbocycles. The summed E-state index contributed by atoms with van der Waals surface area (Å²) in [7, 11) is 0. The van der Waals surface area contributed by atoms with Gasteiger partial charge in [-0.1, -0.05) is 24.8 Å². The summed E-state index contributed by atoms with van der Waals surface area (Å²) in [5.41, 5.74) is -0.0672. The van der Waals surface area contributed by atoms with Gasteiger partial charge in [0.1, 0.15) is 0 Å². The Labute approximate surface area is 79.1 Å². The van der Waals surface area contributed by atoms with E-state index in [0.717, 1.165) is 10.4 Å². The maximum atomic E-state index is 4.30. The van der Waals surface area contributed by atoms with Crippen molar-refractivity contribution in [3.63, 3.8) is 0 Å². The van der Waals surface area contributed by atoms with Crippen LogP contribution in [0.4, 0.5) is 0 Å². The first-order chi connectivity index (χ1) is 5.99. The van der Waals surface area contributed by atoms with Crippen LogP contribution >= 0.6 is 0 Å². The van der Waals surface area contributed by atoms with Crippen molar-refractivity contribution in [3.05, 3.63) is 34.7 Å². The van der Waals surface area contributed by atoms with Crippen LogP contribution < -0.4 is 10.4 Å². The lowest BCUT2D eigenvalue weighted by molar-refractivity contribution is 0.587. The summed E-state index contributed by atoms with van der Waals surface area (Å²) in [6.07, 6.45) is 0. The summed E-state index contributed by atoms with van der Waals surface area (Å²) in [5, 5.41) is 1.94. The van der Waals surface area contributed by atoms with Crippen molar-refractivity contribution in [2.75, 3.05) is 0 Å². The maximum Gasteiger partial charge on any atom is 0.0618 e. The number of benzene rings is 1. The quantitative estimate of drug-likeness (QED) is 0.523. The first kappa shape index (κ1) is 9.76. The van der Waals surface area contributed by atoms with Crippen molar-refractivity contribution in [2.24, 2.45) is 4.99 Å². The molecule has 0 aromatic heterocycles. The smallest absolute Gasteiger partial charge is 0.0618 e. The average Bonchev–Trinajstić information content (AvgIpc) is 2.01. The second-order valence-corrected chi connectivity index (χ2v) is 4.05. The molecule has 0 aliphatic rings. The average molecular weight is 173 g/mol. The highest BCUT2D eigenvalue weighted by Gasteiger charge is 2.03. The Kier molecular flexibility index (Phi) is 2.69. The van der Waals surface area contributed by atoms with Crippen LogP contribution in [0.15, 0.2) is 29.3 Å². The van der Waals surface area contributed by atoms with E-state index in [1.807, 2.05) is 45.0 Å². The molecule has 1 rings (SSSR count). The lowest BCUT2D eigenvalue weighted by Gasteiger charge is -2.07. The molecule has 0 radical (unpaired) electrons. The first-order valence-electron chi connectivity index (χ1n) is 4.38. The molecule has 1 aromatic carbocycles. The molecular formula is C12H15N. The van der Waals surface area contributed by atoms with E-state index in [9.17, 15) is 0 Å². The van der Waals surface area contributed by atoms with Crippen LogP contribution in [0.5, 0.6) is 0 Å². The normalized spacial score (nSPS) is 10.7. The third-order valence-corrected chi connectivity index (χ3v) is 1.53. The predicted molar refractivity (Wildman–Crippen MR) is 57.5 cm³/mol. The molecular weight excluding hydrogens is 158 g/mol. The molecule has 0 saturated heterocycles. The van der Waals surface area contributed by atoms with Crippen molar-refractivity contribution >= 4 is 12.4 Å². The third-order valence-electron chi connectivity index (χ3n) is 1.53. The van der Waals surface area contributed by atoms with Gasteiger partial charge in [-0.05, 0) is 37.9 Å². The van der Waals surface area contributed by atoms with Gasteiger partial charge in [0, 0.05) is 5.22 Å². The van der Waals surface area contributed by atoms with Crippen LogP contribution in [0.3, 0.4) is 0 Å². The maximum absolute atomic E-state index is 4.30. The van der Waals surface area contributed by atoms with E-state index in [0.29, 0.717) is 0 Å². The molecule has 0 aliphatic carbocycles. The lowest BCUT2D eigenvalue weighted by Crippen LogP contribution is -2.24. The number of rotatable bonds is 0. The van der Waals surface area contributed by atoms with Gasteiger partial charge < -0.3 is 0 Å². The molecule has 1 heteroatoms. The molecule has 0 spiro atoms. The van der Waals surface area contributed by atoms with Crippen LogP contribution in [0.25, 0.3) is 6.58 Å². The predicted octanol–water partition coefficient (Wildman–Crippen LogP) is 1.24. The second kappa shape index (κ2) is 3.59. The van der Waals surface area contributed by atoms with Gasteiger partial charge in [0.15, 0.2) is 0 Å². The van der Waals surface area contributed by atoms with E-state index >= 15 is 0 Å². The number of nitrogens with zero attached hydrogens (tertiary/aromatic N) is 1. The number of hydrogen-bond acceptors (Lipinski definition) is 1. The Hall–Kier alpha value is -1.33. The Morgan fingerprint density at radius 3 is 2.38 bits per heavy atom. The van der Waals surface area contributed by atoms with E-state index in [4.69, 9.17) is 0 Å². The van der Waals surface area contributed by atoms with Crippen molar-refractivity contribution in [3.8, 4) is 0 Å². The zero-order valence-corrected chi connectivity index (χ0v) is 8.46. The van der Waals surface area contributed by atoms with Crippen molar-refractivity contribution in [1.82, 2.24) is 0 Å². The van der Waals surface area contributed by atoms with Gasteiger partial charge in [-0.15, -0.1) is 0 Å². The van der Waals surface area contributed by atoms with Gasteiger partial charge in [-0.3, -0.25) is 0 Å². The molecule has 0 bridgehead atoms. The highest BCUT2D eigenvalue weighted by Crippen LogP contribution is 2.02. The van der Waals surface area contributed by atoms with Crippen LogP contribution in [0.2, 0.25) is 0 Å². The fourth-order valence-electron chi connectivity index (χ4n) is 0.857. The summed E-state index contributed by atoms with van der Waals surface area (Å²) >= 11 is 0. The third kappa shape index (κ3) is 3.27. The summed E-state index contributed by atoms with van der Waals surface area (Å²) in [4.78, 5) is 4.30. The highest BCUT2D eigenvalue weighted by atomic mass is 14.8. The minimum Gasteiger partial charge on any atom is -0.237 e. The summed E-state index contributed by atoms with van der Waals surface area (Å²) < 4.78 is 0. The van der Waals surface area contributed by atoms with Crippen LogP contribution in [-0.2, 0) is 0 Å². The number of aliphatic imine (C=N–C) groups is 1. The molecule has 0 fully saturated rings. The molecule has 0 unspecified atom stereocenters. The summed E-state index contributed by atoms with van der Waals surface area (Å²) in [6, 6.07) is 7.86. The Balaban J connectivity index is 3.31. The largest absolute Gasteiger partial charge is 0.237 e. The molecule has 13 heavy (non-hydrogen) atoms. The summed E-state index contributed by atoms with van der Waals surface area (Å²) in [6.45, 7) is 10.0. The molecule has 0 aliphatic heterocycles. The van der Waals surface area contributed by atoms with E-state index < -0.39 is 0 Å². The zero-order chi connectivity index (χ0) is 9.90. The van der Waals surface area contributed by atoms with Gasteiger partial charge in [0.25, 0.3) is 0 Å². The van der Waals surface area contributed by atoms with Crippen molar-refractivity contribution in [1.29, 1.82) is 0 Å². The molecule has 0 N–H and O–H groups in total. The molecule has 1 aromatic rings. The topological polar surface area (TPSA) is 12.4 Å². The second-order valence-electron chi connectivity index (χ2n) is 4.05. The minimum absolute atomic E-state index is 0.0672. The van der Waals surface area contributed by atoms with Gasteiger partial charge in [-0.25, -0.2) is 4.99 Å². The fraction of sp³-hybridized carbons (Fsp3) is 0.333. The first-order valence-corrected chi connectivity index (χ1v) is 4.38. The fourth-order valence-corrected chi connectivity index (χ4v) is 0.857. The SMILES string of the molecule is C=c1ccccc1=C=NC(C)(C)C. The Bertz CT molecular complexity index is 417. The van der Waals surface area contributed by atoms with Crippen LogP contribution in [0.1, 0.15) is 20.8 Å². The zero-order valence-electron chi connectivity index (χ0n) is 8.46. The molecule has 0 heterocycles. The van der Waals surface area contributed by atoms with Crippen molar-refractivity contribution < 1.29 is 0 Å². The highest BCUT2D eigenvalue weighted by molar-refractivity contribution is 5.53. The van der Waals surface area contributed by atoms with E-state index in [1.165, 1.54) is 0 Å². The molecule has 0 amide bonds. The van der Waals surface area contributed by atoms with Gasteiger partial charge in [0.05, 0.1) is 5.54 Å². The van der Waals surface area contributed by atoms with E-state index in [-0.39, 0.29) is 5.54 Å². The van der Waals surface area contributed by atoms with Gasteiger partial charge >= 0.3 is 0 Å². The van der Waals surface area contributed by atoms with Crippen LogP contribution in [-0.4, -0.2) is 11.4 Å². The Morgan fingerprint density at radius 2 is 1.85 bits per heavy atom. The van der Waals surface area contributed by atoms with Gasteiger partial charge in [-0.2, -0.15) is 0 Å². The Morgan fingerprint density at radius 1 is 1.23 bits per heavy atom. The molecule has 68 valence electrons. The van der Waals surface area contributed by atoms with Gasteiger partial charge in [0.2, 0.25) is 0 Å². The van der Waals surface area contributed by atoms with Crippen molar-refractivity contribution in [2.45, 2.75) is 26.3 Å².